The van der Waals surface area contributed by atoms with Crippen molar-refractivity contribution < 1.29 is 53.5 Å². The summed E-state index contributed by atoms with van der Waals surface area (Å²) in [5.74, 6) is -1.64. The number of hydrogen-bond donors (Lipinski definition) is 0. The predicted octanol–water partition coefficient (Wildman–Crippen LogP) is 6.59. The van der Waals surface area contributed by atoms with Crippen LogP contribution in [-0.2, 0) is 41.0 Å². The fourth-order valence-electron chi connectivity index (χ4n) is 6.30. The number of rotatable bonds is 8. The number of hydrogen-bond acceptors (Lipinski definition) is 5. The van der Waals surface area contributed by atoms with Crippen molar-refractivity contribution in [2.24, 2.45) is 11.8 Å². The summed E-state index contributed by atoms with van der Waals surface area (Å²) in [4.78, 5) is 26.7. The number of ether oxygens (including phenoxy) is 1. The molecule has 1 saturated heterocycles. The number of benzene rings is 2. The molecule has 1 aliphatic carbocycles. The lowest BCUT2D eigenvalue weighted by Crippen LogP contribution is -2.50. The molecule has 0 N–H and O–H groups in total. The highest BCUT2D eigenvalue weighted by Gasteiger charge is 2.73. The van der Waals surface area contributed by atoms with Crippen LogP contribution in [0.3, 0.4) is 0 Å². The Morgan fingerprint density at radius 2 is 1.53 bits per heavy atom. The van der Waals surface area contributed by atoms with Crippen molar-refractivity contribution in [3.05, 3.63) is 77.9 Å². The van der Waals surface area contributed by atoms with E-state index >= 15 is 0 Å². The molecule has 2 aromatic carbocycles. The third-order valence-electron chi connectivity index (χ3n) is 8.85. The van der Waals surface area contributed by atoms with Gasteiger partial charge in [-0.3, -0.25) is 9.59 Å². The predicted molar refractivity (Wildman–Crippen MR) is 149 cm³/mol. The van der Waals surface area contributed by atoms with Crippen LogP contribution < -0.4 is 0 Å². The van der Waals surface area contributed by atoms with E-state index in [1.807, 2.05) is 0 Å². The maximum absolute atomic E-state index is 14.8. The standard InChI is InChI=1S/C31H32F7NO5S/c1-3-5-20-6-4-7-25(18-20)45(42,43)28(23-12-14-24(15-13-23)29(32,30(33,34)35)31(36,37)38)16-17-39(19-28)26(40)21-8-10-22(11-9-21)27(41)44-2/h3-4,6-7,12-15,18,21-22H,1,5,8-11,16-17,19H2,2H3. The van der Waals surface area contributed by atoms with Crippen molar-refractivity contribution >= 4 is 21.7 Å². The molecule has 45 heavy (non-hydrogen) atoms. The minimum Gasteiger partial charge on any atom is -0.469 e. The Morgan fingerprint density at radius 3 is 2.07 bits per heavy atom. The van der Waals surface area contributed by atoms with Crippen LogP contribution in [0.15, 0.2) is 66.1 Å². The molecule has 2 aromatic rings. The normalized spacial score (nSPS) is 23.1. The summed E-state index contributed by atoms with van der Waals surface area (Å²) in [5, 5.41) is 0. The molecule has 1 heterocycles. The molecule has 0 bridgehead atoms. The molecule has 246 valence electrons. The van der Waals surface area contributed by atoms with Crippen molar-refractivity contribution in [2.45, 2.75) is 66.2 Å². The number of nitrogens with zero attached hydrogens (tertiary/aromatic N) is 1. The highest BCUT2D eigenvalue weighted by atomic mass is 32.2. The van der Waals surface area contributed by atoms with Gasteiger partial charge in [-0.2, -0.15) is 26.3 Å². The number of allylic oxidation sites excluding steroid dienone is 1. The Morgan fingerprint density at radius 1 is 0.956 bits per heavy atom. The van der Waals surface area contributed by atoms with Gasteiger partial charge in [-0.1, -0.05) is 42.5 Å². The number of methoxy groups -OCH3 is 1. The molecule has 1 atom stereocenters. The molecule has 14 heteroatoms. The van der Waals surface area contributed by atoms with Crippen LogP contribution in [0.1, 0.15) is 48.8 Å². The lowest BCUT2D eigenvalue weighted by Gasteiger charge is -2.33. The van der Waals surface area contributed by atoms with E-state index in [9.17, 15) is 48.7 Å². The number of alkyl halides is 7. The quantitative estimate of drug-likeness (QED) is 0.181. The van der Waals surface area contributed by atoms with Crippen molar-refractivity contribution in [1.29, 1.82) is 0 Å². The van der Waals surface area contributed by atoms with Crippen molar-refractivity contribution in [2.75, 3.05) is 20.2 Å². The van der Waals surface area contributed by atoms with E-state index in [-0.39, 0.29) is 41.2 Å². The number of carbonyl (C=O) groups excluding carboxylic acids is 2. The van der Waals surface area contributed by atoms with Crippen LogP contribution in [0, 0.1) is 11.8 Å². The van der Waals surface area contributed by atoms with Gasteiger partial charge in [-0.05, 0) is 61.8 Å². The Bertz CT molecular complexity index is 1520. The van der Waals surface area contributed by atoms with E-state index in [2.05, 4.69) is 6.58 Å². The van der Waals surface area contributed by atoms with Gasteiger partial charge in [0.25, 0.3) is 0 Å². The zero-order chi connectivity index (χ0) is 33.4. The average Bonchev–Trinajstić information content (AvgIpc) is 3.47. The molecular formula is C31H32F7NO5S. The van der Waals surface area contributed by atoms with Crippen LogP contribution in [-0.4, -0.2) is 57.7 Å². The van der Waals surface area contributed by atoms with Gasteiger partial charge in [0.15, 0.2) is 9.84 Å². The fourth-order valence-corrected chi connectivity index (χ4v) is 8.45. The van der Waals surface area contributed by atoms with Gasteiger partial charge in [0, 0.05) is 24.6 Å². The zero-order valence-corrected chi connectivity index (χ0v) is 25.1. The van der Waals surface area contributed by atoms with Gasteiger partial charge in [-0.25, -0.2) is 12.8 Å². The molecule has 1 aliphatic heterocycles. The first-order valence-electron chi connectivity index (χ1n) is 14.2. The lowest BCUT2D eigenvalue weighted by atomic mass is 9.81. The molecule has 1 unspecified atom stereocenters. The van der Waals surface area contributed by atoms with Crippen LogP contribution >= 0.6 is 0 Å². The van der Waals surface area contributed by atoms with Gasteiger partial charge in [-0.15, -0.1) is 6.58 Å². The molecular weight excluding hydrogens is 631 g/mol. The van der Waals surface area contributed by atoms with Gasteiger partial charge in [0.2, 0.25) is 5.91 Å². The Kier molecular flexibility index (Phi) is 9.50. The second-order valence-electron chi connectivity index (χ2n) is 11.5. The molecule has 0 spiro atoms. The summed E-state index contributed by atoms with van der Waals surface area (Å²) in [7, 11) is -3.18. The fraction of sp³-hybridized carbons (Fsp3) is 0.484. The Hall–Kier alpha value is -3.42. The minimum atomic E-state index is -6.34. The molecule has 4 rings (SSSR count). The number of esters is 1. The largest absolute Gasteiger partial charge is 0.469 e. The molecule has 6 nitrogen and oxygen atoms in total. The van der Waals surface area contributed by atoms with Crippen molar-refractivity contribution in [1.82, 2.24) is 4.90 Å². The van der Waals surface area contributed by atoms with E-state index in [1.54, 1.807) is 12.1 Å². The number of sulfone groups is 1. The summed E-state index contributed by atoms with van der Waals surface area (Å²) in [5.41, 5.74) is -7.04. The lowest BCUT2D eigenvalue weighted by molar-refractivity contribution is -0.348. The maximum atomic E-state index is 14.8. The van der Waals surface area contributed by atoms with Gasteiger partial charge < -0.3 is 9.64 Å². The number of amides is 1. The molecule has 1 amide bonds. The van der Waals surface area contributed by atoms with E-state index in [1.165, 1.54) is 30.2 Å². The second-order valence-corrected chi connectivity index (χ2v) is 13.7. The molecule has 2 aliphatic rings. The molecule has 0 radical (unpaired) electrons. The summed E-state index contributed by atoms with van der Waals surface area (Å²) >= 11 is 0. The smallest absolute Gasteiger partial charge is 0.435 e. The topological polar surface area (TPSA) is 80.8 Å². The number of likely N-dealkylation sites (tertiary alicyclic amines) is 1. The zero-order valence-electron chi connectivity index (χ0n) is 24.3. The van der Waals surface area contributed by atoms with Crippen LogP contribution in [0.5, 0.6) is 0 Å². The first kappa shape index (κ1) is 34.5. The molecule has 0 aromatic heterocycles. The first-order valence-corrected chi connectivity index (χ1v) is 15.7. The van der Waals surface area contributed by atoms with Crippen LogP contribution in [0.25, 0.3) is 0 Å². The summed E-state index contributed by atoms with van der Waals surface area (Å²) < 4.78 is 127. The van der Waals surface area contributed by atoms with Gasteiger partial charge in [0.1, 0.15) is 4.75 Å². The number of halogens is 7. The van der Waals surface area contributed by atoms with E-state index in [4.69, 9.17) is 4.74 Å². The number of carbonyl (C=O) groups is 2. The SMILES string of the molecule is C=CCc1cccc(S(=O)(=O)C2(c3ccc(C(F)(C(F)(F)F)C(F)(F)F)cc3)CCN(C(=O)C3CCC(C(=O)OC)CC3)C2)c1. The third kappa shape index (κ3) is 6.09. The van der Waals surface area contributed by atoms with Gasteiger partial charge in [0.05, 0.1) is 17.9 Å². The van der Waals surface area contributed by atoms with E-state index < -0.39 is 50.6 Å². The van der Waals surface area contributed by atoms with Crippen molar-refractivity contribution in [3.8, 4) is 0 Å². The maximum Gasteiger partial charge on any atom is 0.435 e. The summed E-state index contributed by atoms with van der Waals surface area (Å²) in [6, 6.07) is 7.95. The minimum absolute atomic E-state index is 0.0682. The first-order chi connectivity index (χ1) is 20.9. The highest BCUT2D eigenvalue weighted by molar-refractivity contribution is 7.92. The van der Waals surface area contributed by atoms with E-state index in [0.717, 1.165) is 12.1 Å². The van der Waals surface area contributed by atoms with Gasteiger partial charge >= 0.3 is 24.0 Å². The van der Waals surface area contributed by atoms with Crippen LogP contribution in [0.2, 0.25) is 0 Å². The summed E-state index contributed by atoms with van der Waals surface area (Å²) in [6.07, 6.45) is -9.56. The van der Waals surface area contributed by atoms with Crippen molar-refractivity contribution in [3.63, 3.8) is 0 Å². The molecule has 2 fully saturated rings. The average molecular weight is 664 g/mol. The molecule has 1 saturated carbocycles. The Balaban J connectivity index is 1.75. The second kappa shape index (κ2) is 12.4. The monoisotopic (exact) mass is 663 g/mol. The summed E-state index contributed by atoms with van der Waals surface area (Å²) in [6.45, 7) is 3.13. The van der Waals surface area contributed by atoms with Crippen LogP contribution in [0.4, 0.5) is 30.7 Å². The Labute approximate surface area is 256 Å². The van der Waals surface area contributed by atoms with E-state index in [0.29, 0.717) is 49.8 Å². The highest BCUT2D eigenvalue weighted by Crippen LogP contribution is 2.54. The third-order valence-corrected chi connectivity index (χ3v) is 11.3.